The van der Waals surface area contributed by atoms with Crippen LogP contribution in [0.15, 0.2) is 115 Å². The summed E-state index contributed by atoms with van der Waals surface area (Å²) in [6.45, 7) is 0. The van der Waals surface area contributed by atoms with Crippen LogP contribution in [0.25, 0.3) is 27.9 Å². The Morgan fingerprint density at radius 2 is 1.04 bits per heavy atom. The maximum atomic E-state index is 2.46. The molecule has 4 aromatic carbocycles. The van der Waals surface area contributed by atoms with Crippen molar-refractivity contribution < 1.29 is 0 Å². The summed E-state index contributed by atoms with van der Waals surface area (Å²) in [5.41, 5.74) is 5.01. The van der Waals surface area contributed by atoms with Crippen molar-refractivity contribution in [1.29, 1.82) is 0 Å². The predicted octanol–water partition coefficient (Wildman–Crippen LogP) is 7.10. The zero-order valence-electron chi connectivity index (χ0n) is 15.6. The highest BCUT2D eigenvalue weighted by Crippen LogP contribution is 2.35. The van der Waals surface area contributed by atoms with Gasteiger partial charge in [0.05, 0.1) is 6.04 Å². The second-order valence-electron chi connectivity index (χ2n) is 7.03. The summed E-state index contributed by atoms with van der Waals surface area (Å²) in [6.07, 6.45) is 4.53. The van der Waals surface area contributed by atoms with E-state index in [4.69, 9.17) is 0 Å². The van der Waals surface area contributed by atoms with Crippen LogP contribution in [0.1, 0.15) is 17.2 Å². The second kappa shape index (κ2) is 7.21. The van der Waals surface area contributed by atoms with Gasteiger partial charge in [-0.05, 0) is 23.3 Å². The van der Waals surface area contributed by atoms with Gasteiger partial charge in [-0.1, -0.05) is 109 Å². The van der Waals surface area contributed by atoms with Crippen LogP contribution in [-0.2, 0) is 0 Å². The Labute approximate surface area is 165 Å². The number of allylic oxidation sites excluding steroid dienone is 1. The second-order valence-corrected chi connectivity index (χ2v) is 7.03. The molecule has 0 fully saturated rings. The molecule has 0 bridgehead atoms. The fourth-order valence-electron chi connectivity index (χ4n) is 4.02. The molecule has 0 saturated carbocycles. The van der Waals surface area contributed by atoms with Crippen LogP contribution in [0.5, 0.6) is 0 Å². The molecule has 28 heavy (non-hydrogen) atoms. The van der Waals surface area contributed by atoms with Crippen molar-refractivity contribution in [2.24, 2.45) is 0 Å². The third kappa shape index (κ3) is 2.91. The van der Waals surface area contributed by atoms with E-state index in [1.807, 2.05) is 0 Å². The lowest BCUT2D eigenvalue weighted by Crippen LogP contribution is -2.07. The molecule has 0 spiro atoms. The lowest BCUT2D eigenvalue weighted by molar-refractivity contribution is 0.757. The van der Waals surface area contributed by atoms with Gasteiger partial charge < -0.3 is 4.57 Å². The van der Waals surface area contributed by atoms with Gasteiger partial charge in [0.2, 0.25) is 0 Å². The van der Waals surface area contributed by atoms with E-state index in [1.54, 1.807) is 0 Å². The number of hydrogen-bond acceptors (Lipinski definition) is 0. The Balaban J connectivity index is 1.77. The number of hydrogen-bond donors (Lipinski definition) is 0. The molecule has 0 radical (unpaired) electrons. The molecule has 0 aliphatic rings. The van der Waals surface area contributed by atoms with E-state index in [0.29, 0.717) is 0 Å². The maximum Gasteiger partial charge on any atom is 0.0779 e. The molecule has 1 atom stereocenters. The van der Waals surface area contributed by atoms with Crippen LogP contribution < -0.4 is 0 Å². The quantitative estimate of drug-likeness (QED) is 0.322. The van der Waals surface area contributed by atoms with Gasteiger partial charge in [0.1, 0.15) is 0 Å². The van der Waals surface area contributed by atoms with Crippen LogP contribution in [0.2, 0.25) is 0 Å². The van der Waals surface area contributed by atoms with Crippen LogP contribution in [0.4, 0.5) is 0 Å². The Hall–Kier alpha value is -3.58. The molecule has 1 unspecified atom stereocenters. The number of nitrogens with zero attached hydrogens (tertiary/aromatic N) is 1. The minimum absolute atomic E-state index is 0.117. The highest BCUT2D eigenvalue weighted by atomic mass is 15.0. The first kappa shape index (κ1) is 16.6. The molecule has 5 rings (SSSR count). The van der Waals surface area contributed by atoms with Gasteiger partial charge in [-0.15, -0.1) is 0 Å². The van der Waals surface area contributed by atoms with Crippen LogP contribution in [0.3, 0.4) is 0 Å². The van der Waals surface area contributed by atoms with E-state index in [1.165, 1.54) is 32.9 Å². The van der Waals surface area contributed by atoms with Crippen molar-refractivity contribution in [2.45, 2.75) is 6.04 Å². The van der Waals surface area contributed by atoms with Crippen molar-refractivity contribution >= 4 is 27.9 Å². The normalized spacial score (nSPS) is 12.7. The Morgan fingerprint density at radius 1 is 0.536 bits per heavy atom. The van der Waals surface area contributed by atoms with Crippen molar-refractivity contribution in [3.8, 4) is 0 Å². The van der Waals surface area contributed by atoms with Gasteiger partial charge in [-0.3, -0.25) is 0 Å². The lowest BCUT2D eigenvalue weighted by Gasteiger charge is -2.19. The monoisotopic (exact) mass is 359 g/mol. The van der Waals surface area contributed by atoms with Gasteiger partial charge >= 0.3 is 0 Å². The molecular formula is C27H21N. The molecule has 1 heteroatoms. The van der Waals surface area contributed by atoms with E-state index >= 15 is 0 Å². The average molecular weight is 359 g/mol. The molecule has 0 N–H and O–H groups in total. The van der Waals surface area contributed by atoms with Crippen LogP contribution >= 0.6 is 0 Å². The Bertz CT molecular complexity index is 1190. The predicted molar refractivity (Wildman–Crippen MR) is 120 cm³/mol. The summed E-state index contributed by atoms with van der Waals surface area (Å²) in [4.78, 5) is 0. The fourth-order valence-corrected chi connectivity index (χ4v) is 4.02. The number of rotatable bonds is 4. The molecule has 1 aromatic heterocycles. The van der Waals surface area contributed by atoms with Gasteiger partial charge in [-0.2, -0.15) is 0 Å². The largest absolute Gasteiger partial charge is 0.329 e. The number of aromatic nitrogens is 1. The maximum absolute atomic E-state index is 2.46. The van der Waals surface area contributed by atoms with E-state index < -0.39 is 0 Å². The molecule has 1 heterocycles. The smallest absolute Gasteiger partial charge is 0.0779 e. The molecule has 1 nitrogen and oxygen atoms in total. The number of fused-ring (bicyclic) bond motifs is 3. The Morgan fingerprint density at radius 3 is 1.64 bits per heavy atom. The standard InChI is InChI=1S/C27H21N/c1-3-11-21(12-4-1)19-20-25(22-13-5-2-6-14-22)28-26-17-9-7-15-23(26)24-16-8-10-18-27(24)28/h1-20,25H/b20-19+. The SMILES string of the molecule is C(=C\C(c1ccccc1)n1c2ccccc2c2ccccc21)/c1ccccc1. The molecular weight excluding hydrogens is 338 g/mol. The molecule has 5 aromatic rings. The van der Waals surface area contributed by atoms with Crippen molar-refractivity contribution in [2.75, 3.05) is 0 Å². The fraction of sp³-hybridized carbons (Fsp3) is 0.0370. The first-order chi connectivity index (χ1) is 13.9. The average Bonchev–Trinajstić information content (AvgIpc) is 3.10. The van der Waals surface area contributed by atoms with E-state index in [0.717, 1.165) is 0 Å². The minimum atomic E-state index is 0.117. The number of benzene rings is 4. The van der Waals surface area contributed by atoms with Crippen molar-refractivity contribution in [1.82, 2.24) is 4.57 Å². The summed E-state index contributed by atoms with van der Waals surface area (Å²) in [7, 11) is 0. The zero-order chi connectivity index (χ0) is 18.8. The minimum Gasteiger partial charge on any atom is -0.329 e. The zero-order valence-corrected chi connectivity index (χ0v) is 15.6. The van der Waals surface area contributed by atoms with Gasteiger partial charge in [0.25, 0.3) is 0 Å². The van der Waals surface area contributed by atoms with Crippen LogP contribution in [-0.4, -0.2) is 4.57 Å². The summed E-state index contributed by atoms with van der Waals surface area (Å²) >= 11 is 0. The summed E-state index contributed by atoms with van der Waals surface area (Å²) in [6, 6.07) is 38.7. The molecule has 0 aliphatic heterocycles. The van der Waals surface area contributed by atoms with Gasteiger partial charge in [0, 0.05) is 21.8 Å². The topological polar surface area (TPSA) is 4.93 Å². The summed E-state index contributed by atoms with van der Waals surface area (Å²) in [5, 5.41) is 2.60. The summed E-state index contributed by atoms with van der Waals surface area (Å²) < 4.78 is 2.46. The Kier molecular flexibility index (Phi) is 4.27. The number of para-hydroxylation sites is 2. The summed E-state index contributed by atoms with van der Waals surface area (Å²) in [5.74, 6) is 0. The molecule has 134 valence electrons. The highest BCUT2D eigenvalue weighted by molar-refractivity contribution is 6.08. The van der Waals surface area contributed by atoms with Gasteiger partial charge in [0.15, 0.2) is 0 Å². The van der Waals surface area contributed by atoms with Crippen molar-refractivity contribution in [3.63, 3.8) is 0 Å². The van der Waals surface area contributed by atoms with Crippen LogP contribution in [0, 0.1) is 0 Å². The first-order valence-electron chi connectivity index (χ1n) is 9.68. The molecule has 0 saturated heterocycles. The van der Waals surface area contributed by atoms with Crippen molar-refractivity contribution in [3.05, 3.63) is 126 Å². The third-order valence-corrected chi connectivity index (χ3v) is 5.31. The first-order valence-corrected chi connectivity index (χ1v) is 9.68. The molecule has 0 aliphatic carbocycles. The van der Waals surface area contributed by atoms with Gasteiger partial charge in [-0.25, -0.2) is 0 Å². The molecule has 0 amide bonds. The third-order valence-electron chi connectivity index (χ3n) is 5.31. The van der Waals surface area contributed by atoms with E-state index in [-0.39, 0.29) is 6.04 Å². The van der Waals surface area contributed by atoms with E-state index in [9.17, 15) is 0 Å². The highest BCUT2D eigenvalue weighted by Gasteiger charge is 2.17. The van der Waals surface area contributed by atoms with E-state index in [2.05, 4.69) is 126 Å². The lowest BCUT2D eigenvalue weighted by atomic mass is 10.0.